The first-order valence-electron chi connectivity index (χ1n) is 7.44. The molecule has 112 valence electrons. The predicted molar refractivity (Wildman–Crippen MR) is 86.1 cm³/mol. The van der Waals surface area contributed by atoms with Crippen LogP contribution in [0.1, 0.15) is 36.0 Å². The molecule has 1 saturated heterocycles. The van der Waals surface area contributed by atoms with Gasteiger partial charge in [0.25, 0.3) is 0 Å². The molecule has 0 N–H and O–H groups in total. The Hall–Kier alpha value is -1.30. The molecule has 0 radical (unpaired) electrons. The molecule has 3 heterocycles. The Morgan fingerprint density at radius 1 is 1.38 bits per heavy atom. The Morgan fingerprint density at radius 3 is 3.05 bits per heavy atom. The summed E-state index contributed by atoms with van der Waals surface area (Å²) in [5.41, 5.74) is 2.50. The van der Waals surface area contributed by atoms with Gasteiger partial charge in [-0.2, -0.15) is 11.3 Å². The van der Waals surface area contributed by atoms with Crippen molar-refractivity contribution >= 4 is 11.3 Å². The van der Waals surface area contributed by atoms with E-state index in [1.807, 2.05) is 12.3 Å². The van der Waals surface area contributed by atoms with Crippen molar-refractivity contribution in [2.45, 2.75) is 32.0 Å². The molecule has 5 heteroatoms. The van der Waals surface area contributed by atoms with E-state index in [1.54, 1.807) is 11.3 Å². The Labute approximate surface area is 130 Å². The first-order valence-corrected chi connectivity index (χ1v) is 8.38. The smallest absolute Gasteiger partial charge is 0.145 e. The van der Waals surface area contributed by atoms with Crippen LogP contribution in [0.2, 0.25) is 0 Å². The lowest BCUT2D eigenvalue weighted by Crippen LogP contribution is -2.24. The molecular weight excluding hydrogens is 280 g/mol. The molecular formula is C16H22N4S. The third-order valence-electron chi connectivity index (χ3n) is 3.84. The molecule has 0 aliphatic carbocycles. The highest BCUT2D eigenvalue weighted by atomic mass is 32.1. The molecule has 0 amide bonds. The second kappa shape index (κ2) is 6.64. The van der Waals surface area contributed by atoms with Crippen LogP contribution in [0, 0.1) is 0 Å². The monoisotopic (exact) mass is 302 g/mol. The van der Waals surface area contributed by atoms with Gasteiger partial charge in [0.05, 0.1) is 11.7 Å². The van der Waals surface area contributed by atoms with Crippen molar-refractivity contribution in [3.63, 3.8) is 0 Å². The minimum atomic E-state index is 0.368. The zero-order valence-corrected chi connectivity index (χ0v) is 13.5. The SMILES string of the molecule is CN(C)Cc1ccnc([C@H]2CCCN2Cc2ccsc2)n1. The molecule has 1 atom stereocenters. The molecule has 2 aromatic heterocycles. The molecule has 1 aliphatic heterocycles. The lowest BCUT2D eigenvalue weighted by Gasteiger charge is -2.23. The van der Waals surface area contributed by atoms with Gasteiger partial charge < -0.3 is 4.90 Å². The van der Waals surface area contributed by atoms with Gasteiger partial charge in [0.1, 0.15) is 5.82 Å². The van der Waals surface area contributed by atoms with Crippen LogP contribution >= 0.6 is 11.3 Å². The number of likely N-dealkylation sites (tertiary alicyclic amines) is 1. The number of aromatic nitrogens is 2. The zero-order valence-electron chi connectivity index (χ0n) is 12.7. The van der Waals surface area contributed by atoms with E-state index in [0.29, 0.717) is 6.04 Å². The predicted octanol–water partition coefficient (Wildman–Crippen LogP) is 2.94. The number of rotatable bonds is 5. The van der Waals surface area contributed by atoms with Crippen molar-refractivity contribution in [2.24, 2.45) is 0 Å². The van der Waals surface area contributed by atoms with E-state index in [-0.39, 0.29) is 0 Å². The molecule has 0 saturated carbocycles. The van der Waals surface area contributed by atoms with E-state index >= 15 is 0 Å². The van der Waals surface area contributed by atoms with Crippen LogP contribution in [-0.2, 0) is 13.1 Å². The average molecular weight is 302 g/mol. The molecule has 0 unspecified atom stereocenters. The first kappa shape index (κ1) is 14.6. The summed E-state index contributed by atoms with van der Waals surface area (Å²) in [6.45, 7) is 3.02. The van der Waals surface area contributed by atoms with Crippen LogP contribution in [-0.4, -0.2) is 40.4 Å². The van der Waals surface area contributed by atoms with Crippen LogP contribution in [0.4, 0.5) is 0 Å². The fourth-order valence-corrected chi connectivity index (χ4v) is 3.57. The molecule has 2 aromatic rings. The van der Waals surface area contributed by atoms with E-state index < -0.39 is 0 Å². The highest BCUT2D eigenvalue weighted by Crippen LogP contribution is 2.31. The van der Waals surface area contributed by atoms with E-state index in [2.05, 4.69) is 45.7 Å². The van der Waals surface area contributed by atoms with Gasteiger partial charge in [0.15, 0.2) is 0 Å². The Morgan fingerprint density at radius 2 is 2.29 bits per heavy atom. The molecule has 1 fully saturated rings. The Balaban J connectivity index is 1.75. The number of nitrogens with zero attached hydrogens (tertiary/aromatic N) is 4. The van der Waals surface area contributed by atoms with Gasteiger partial charge in [-0.05, 0) is 61.9 Å². The number of thiophene rings is 1. The van der Waals surface area contributed by atoms with Crippen LogP contribution in [0.5, 0.6) is 0 Å². The summed E-state index contributed by atoms with van der Waals surface area (Å²) in [6.07, 6.45) is 4.30. The van der Waals surface area contributed by atoms with Gasteiger partial charge in [-0.15, -0.1) is 0 Å². The zero-order chi connectivity index (χ0) is 14.7. The minimum Gasteiger partial charge on any atom is -0.304 e. The largest absolute Gasteiger partial charge is 0.304 e. The second-order valence-corrected chi connectivity index (χ2v) is 6.68. The third kappa shape index (κ3) is 3.67. The molecule has 0 spiro atoms. The van der Waals surface area contributed by atoms with Gasteiger partial charge >= 0.3 is 0 Å². The van der Waals surface area contributed by atoms with Crippen molar-refractivity contribution < 1.29 is 0 Å². The van der Waals surface area contributed by atoms with Crippen molar-refractivity contribution in [2.75, 3.05) is 20.6 Å². The quantitative estimate of drug-likeness (QED) is 0.850. The maximum absolute atomic E-state index is 4.78. The molecule has 3 rings (SSSR count). The van der Waals surface area contributed by atoms with Crippen LogP contribution < -0.4 is 0 Å². The van der Waals surface area contributed by atoms with Crippen LogP contribution in [0.3, 0.4) is 0 Å². The van der Waals surface area contributed by atoms with E-state index in [4.69, 9.17) is 4.98 Å². The summed E-state index contributed by atoms with van der Waals surface area (Å²) in [6, 6.07) is 4.59. The van der Waals surface area contributed by atoms with Crippen molar-refractivity contribution in [1.82, 2.24) is 19.8 Å². The third-order valence-corrected chi connectivity index (χ3v) is 4.57. The van der Waals surface area contributed by atoms with Crippen molar-refractivity contribution in [3.05, 3.63) is 46.2 Å². The fourth-order valence-electron chi connectivity index (χ4n) is 2.91. The van der Waals surface area contributed by atoms with Gasteiger partial charge in [-0.3, -0.25) is 4.90 Å². The van der Waals surface area contributed by atoms with Crippen molar-refractivity contribution in [3.8, 4) is 0 Å². The second-order valence-electron chi connectivity index (χ2n) is 5.90. The van der Waals surface area contributed by atoms with Crippen LogP contribution in [0.15, 0.2) is 29.1 Å². The van der Waals surface area contributed by atoms with Crippen LogP contribution in [0.25, 0.3) is 0 Å². The normalized spacial score (nSPS) is 19.5. The lowest BCUT2D eigenvalue weighted by molar-refractivity contribution is 0.239. The summed E-state index contributed by atoms with van der Waals surface area (Å²) in [5, 5.41) is 4.38. The molecule has 4 nitrogen and oxygen atoms in total. The highest BCUT2D eigenvalue weighted by Gasteiger charge is 2.28. The number of hydrogen-bond acceptors (Lipinski definition) is 5. The van der Waals surface area contributed by atoms with Crippen molar-refractivity contribution in [1.29, 1.82) is 0 Å². The van der Waals surface area contributed by atoms with Gasteiger partial charge in [0.2, 0.25) is 0 Å². The number of hydrogen-bond donors (Lipinski definition) is 0. The minimum absolute atomic E-state index is 0.368. The summed E-state index contributed by atoms with van der Waals surface area (Å²) in [5.74, 6) is 0.988. The highest BCUT2D eigenvalue weighted by molar-refractivity contribution is 7.07. The van der Waals surface area contributed by atoms with Gasteiger partial charge in [-0.1, -0.05) is 0 Å². The average Bonchev–Trinajstić information content (AvgIpc) is 3.10. The maximum atomic E-state index is 4.78. The Kier molecular flexibility index (Phi) is 4.63. The molecule has 0 bridgehead atoms. The standard InChI is InChI=1S/C16H22N4S/c1-19(2)11-14-5-7-17-16(18-14)15-4-3-8-20(15)10-13-6-9-21-12-13/h5-7,9,12,15H,3-4,8,10-11H2,1-2H3/t15-/m1/s1. The molecule has 0 aromatic carbocycles. The van der Waals surface area contributed by atoms with E-state index in [9.17, 15) is 0 Å². The fraction of sp³-hybridized carbons (Fsp3) is 0.500. The van der Waals surface area contributed by atoms with E-state index in [1.165, 1.54) is 12.0 Å². The summed E-state index contributed by atoms with van der Waals surface area (Å²) < 4.78 is 0. The summed E-state index contributed by atoms with van der Waals surface area (Å²) >= 11 is 1.77. The maximum Gasteiger partial charge on any atom is 0.145 e. The topological polar surface area (TPSA) is 32.3 Å². The lowest BCUT2D eigenvalue weighted by atomic mass is 10.2. The Bertz CT molecular complexity index is 567. The summed E-state index contributed by atoms with van der Waals surface area (Å²) in [7, 11) is 4.14. The molecule has 1 aliphatic rings. The van der Waals surface area contributed by atoms with E-state index in [0.717, 1.165) is 37.6 Å². The first-order chi connectivity index (χ1) is 10.2. The van der Waals surface area contributed by atoms with Gasteiger partial charge in [0, 0.05) is 19.3 Å². The molecule has 21 heavy (non-hydrogen) atoms. The summed E-state index contributed by atoms with van der Waals surface area (Å²) in [4.78, 5) is 14.0. The van der Waals surface area contributed by atoms with Gasteiger partial charge in [-0.25, -0.2) is 9.97 Å².